The maximum Gasteiger partial charge on any atom is 0.269 e. The third-order valence-electron chi connectivity index (χ3n) is 2.22. The van der Waals surface area contributed by atoms with Gasteiger partial charge >= 0.3 is 0 Å². The summed E-state index contributed by atoms with van der Waals surface area (Å²) in [5.41, 5.74) is 0.378. The summed E-state index contributed by atoms with van der Waals surface area (Å²) < 4.78 is 1.57. The summed E-state index contributed by atoms with van der Waals surface area (Å²) >= 11 is 3.37. The molecule has 0 aliphatic rings. The Hall–Kier alpha value is -0.840. The number of amides is 1. The molecule has 1 heterocycles. The number of aryl methyl sites for hydroxylation is 1. The van der Waals surface area contributed by atoms with Gasteiger partial charge < -0.3 is 5.32 Å². The monoisotopic (exact) mass is 273 g/mol. The number of hydrogen-bond donors (Lipinski definition) is 1. The smallest absolute Gasteiger partial charge is 0.269 e. The second kappa shape index (κ2) is 4.79. The van der Waals surface area contributed by atoms with Crippen LogP contribution in [0.15, 0.2) is 12.3 Å². The number of alkyl halides is 1. The number of halogens is 1. The number of hydrogen-bond acceptors (Lipinski definition) is 2. The Morgan fingerprint density at radius 1 is 1.67 bits per heavy atom. The minimum Gasteiger partial charge on any atom is -0.346 e. The molecule has 0 saturated carbocycles. The minimum absolute atomic E-state index is 0.0825. The zero-order chi connectivity index (χ0) is 11.5. The van der Waals surface area contributed by atoms with E-state index in [1.165, 1.54) is 0 Å². The molecule has 0 aromatic carbocycles. The SMILES string of the molecule is Cn1nccc1C(=O)NC(C)(C)CCBr. The number of rotatable bonds is 4. The van der Waals surface area contributed by atoms with Crippen LogP contribution in [-0.4, -0.2) is 26.6 Å². The van der Waals surface area contributed by atoms with Gasteiger partial charge in [-0.05, 0) is 26.3 Å². The topological polar surface area (TPSA) is 46.9 Å². The molecule has 1 aromatic rings. The molecule has 0 unspecified atom stereocenters. The fraction of sp³-hybridized carbons (Fsp3) is 0.600. The lowest BCUT2D eigenvalue weighted by Gasteiger charge is -2.25. The molecule has 0 aliphatic carbocycles. The minimum atomic E-state index is -0.204. The Balaban J connectivity index is 2.68. The molecular formula is C10H16BrN3O. The highest BCUT2D eigenvalue weighted by molar-refractivity contribution is 9.09. The van der Waals surface area contributed by atoms with Gasteiger partial charge in [0.1, 0.15) is 5.69 Å². The Morgan fingerprint density at radius 2 is 2.33 bits per heavy atom. The van der Waals surface area contributed by atoms with Crippen LogP contribution < -0.4 is 5.32 Å². The lowest BCUT2D eigenvalue weighted by Crippen LogP contribution is -2.44. The van der Waals surface area contributed by atoms with Crippen molar-refractivity contribution >= 4 is 21.8 Å². The molecule has 15 heavy (non-hydrogen) atoms. The molecule has 5 heteroatoms. The molecule has 84 valence electrons. The second-order valence-electron chi connectivity index (χ2n) is 4.12. The average Bonchev–Trinajstić information content (AvgIpc) is 2.50. The summed E-state index contributed by atoms with van der Waals surface area (Å²) in [6.45, 7) is 4.01. The van der Waals surface area contributed by atoms with E-state index in [0.717, 1.165) is 11.8 Å². The van der Waals surface area contributed by atoms with Crippen LogP contribution in [0.25, 0.3) is 0 Å². The lowest BCUT2D eigenvalue weighted by molar-refractivity contribution is 0.0902. The van der Waals surface area contributed by atoms with Crippen molar-refractivity contribution in [1.29, 1.82) is 0 Å². The molecular weight excluding hydrogens is 258 g/mol. The molecule has 0 radical (unpaired) electrons. The van der Waals surface area contributed by atoms with E-state index >= 15 is 0 Å². The Labute approximate surface area is 98.2 Å². The summed E-state index contributed by atoms with van der Waals surface area (Å²) in [4.78, 5) is 11.8. The number of nitrogens with one attached hydrogen (secondary N) is 1. The first kappa shape index (κ1) is 12.2. The normalized spacial score (nSPS) is 11.5. The van der Waals surface area contributed by atoms with Gasteiger partial charge in [-0.2, -0.15) is 5.10 Å². The highest BCUT2D eigenvalue weighted by Crippen LogP contribution is 2.11. The van der Waals surface area contributed by atoms with Crippen LogP contribution in [-0.2, 0) is 7.05 Å². The van der Waals surface area contributed by atoms with Crippen molar-refractivity contribution in [1.82, 2.24) is 15.1 Å². The summed E-state index contributed by atoms with van der Waals surface area (Å²) in [5.74, 6) is -0.0825. The van der Waals surface area contributed by atoms with E-state index in [9.17, 15) is 4.79 Å². The van der Waals surface area contributed by atoms with Gasteiger partial charge in [-0.3, -0.25) is 9.48 Å². The average molecular weight is 274 g/mol. The molecule has 0 bridgehead atoms. The zero-order valence-corrected chi connectivity index (χ0v) is 10.8. The Morgan fingerprint density at radius 3 is 2.80 bits per heavy atom. The van der Waals surface area contributed by atoms with Gasteiger partial charge in [0.05, 0.1) is 0 Å². The van der Waals surface area contributed by atoms with Crippen molar-refractivity contribution in [2.75, 3.05) is 5.33 Å². The molecule has 1 aromatic heterocycles. The van der Waals surface area contributed by atoms with Gasteiger partial charge in [0.25, 0.3) is 5.91 Å². The van der Waals surface area contributed by atoms with E-state index in [1.54, 1.807) is 24.0 Å². The van der Waals surface area contributed by atoms with Crippen LogP contribution in [0.1, 0.15) is 30.8 Å². The first-order valence-corrected chi connectivity index (χ1v) is 5.95. The van der Waals surface area contributed by atoms with Crippen molar-refractivity contribution in [3.05, 3.63) is 18.0 Å². The summed E-state index contributed by atoms with van der Waals surface area (Å²) in [5, 5.41) is 7.80. The second-order valence-corrected chi connectivity index (χ2v) is 4.91. The quantitative estimate of drug-likeness (QED) is 0.850. The molecule has 0 spiro atoms. The van der Waals surface area contributed by atoms with Gasteiger partial charge in [0.2, 0.25) is 0 Å². The van der Waals surface area contributed by atoms with E-state index in [1.807, 2.05) is 13.8 Å². The van der Waals surface area contributed by atoms with Crippen molar-refractivity contribution in [3.63, 3.8) is 0 Å². The van der Waals surface area contributed by atoms with Crippen LogP contribution in [0.2, 0.25) is 0 Å². The van der Waals surface area contributed by atoms with Crippen LogP contribution in [0.5, 0.6) is 0 Å². The van der Waals surface area contributed by atoms with Gasteiger partial charge in [-0.15, -0.1) is 0 Å². The fourth-order valence-electron chi connectivity index (χ4n) is 1.27. The van der Waals surface area contributed by atoms with E-state index in [2.05, 4.69) is 26.3 Å². The van der Waals surface area contributed by atoms with Gasteiger partial charge in [-0.25, -0.2) is 0 Å². The van der Waals surface area contributed by atoms with Gasteiger partial charge in [-0.1, -0.05) is 15.9 Å². The van der Waals surface area contributed by atoms with Crippen LogP contribution in [0.4, 0.5) is 0 Å². The molecule has 0 aliphatic heterocycles. The highest BCUT2D eigenvalue weighted by atomic mass is 79.9. The number of carbonyl (C=O) groups is 1. The molecule has 1 rings (SSSR count). The van der Waals surface area contributed by atoms with E-state index in [4.69, 9.17) is 0 Å². The van der Waals surface area contributed by atoms with E-state index in [-0.39, 0.29) is 11.4 Å². The highest BCUT2D eigenvalue weighted by Gasteiger charge is 2.21. The standard InChI is InChI=1S/C10H16BrN3O/c1-10(2,5-6-11)13-9(15)8-4-7-12-14(8)3/h4,7H,5-6H2,1-3H3,(H,13,15). The molecule has 0 saturated heterocycles. The molecule has 1 amide bonds. The zero-order valence-electron chi connectivity index (χ0n) is 9.25. The number of nitrogens with zero attached hydrogens (tertiary/aromatic N) is 2. The molecule has 0 atom stereocenters. The van der Waals surface area contributed by atoms with Crippen molar-refractivity contribution < 1.29 is 4.79 Å². The molecule has 4 nitrogen and oxygen atoms in total. The molecule has 1 N–H and O–H groups in total. The van der Waals surface area contributed by atoms with E-state index in [0.29, 0.717) is 5.69 Å². The van der Waals surface area contributed by atoms with Crippen LogP contribution in [0.3, 0.4) is 0 Å². The summed E-state index contributed by atoms with van der Waals surface area (Å²) in [6.07, 6.45) is 2.50. The third kappa shape index (κ3) is 3.34. The third-order valence-corrected chi connectivity index (χ3v) is 2.62. The van der Waals surface area contributed by atoms with Gasteiger partial charge in [0, 0.05) is 24.1 Å². The van der Waals surface area contributed by atoms with Crippen molar-refractivity contribution in [2.45, 2.75) is 25.8 Å². The maximum absolute atomic E-state index is 11.8. The predicted molar refractivity (Wildman–Crippen MR) is 63.2 cm³/mol. The number of aromatic nitrogens is 2. The first-order valence-electron chi connectivity index (χ1n) is 4.83. The van der Waals surface area contributed by atoms with E-state index < -0.39 is 0 Å². The van der Waals surface area contributed by atoms with Crippen molar-refractivity contribution in [2.24, 2.45) is 7.05 Å². The van der Waals surface area contributed by atoms with Crippen LogP contribution in [0, 0.1) is 0 Å². The van der Waals surface area contributed by atoms with Crippen LogP contribution >= 0.6 is 15.9 Å². The Bertz CT molecular complexity index is 346. The Kier molecular flexibility index (Phi) is 3.90. The largest absolute Gasteiger partial charge is 0.346 e. The summed E-state index contributed by atoms with van der Waals surface area (Å²) in [6, 6.07) is 1.71. The first-order chi connectivity index (χ1) is 6.96. The number of carbonyl (C=O) groups excluding carboxylic acids is 1. The molecule has 0 fully saturated rings. The maximum atomic E-state index is 11.8. The fourth-order valence-corrected chi connectivity index (χ4v) is 2.26. The predicted octanol–water partition coefficient (Wildman–Crippen LogP) is 1.71. The van der Waals surface area contributed by atoms with Gasteiger partial charge in [0.15, 0.2) is 0 Å². The van der Waals surface area contributed by atoms with Crippen molar-refractivity contribution in [3.8, 4) is 0 Å². The lowest BCUT2D eigenvalue weighted by atomic mass is 10.0. The summed E-state index contributed by atoms with van der Waals surface area (Å²) in [7, 11) is 1.76.